The van der Waals surface area contributed by atoms with E-state index < -0.39 is 0 Å². The van der Waals surface area contributed by atoms with Crippen molar-refractivity contribution in [2.45, 2.75) is 39.0 Å². The summed E-state index contributed by atoms with van der Waals surface area (Å²) < 4.78 is 18.6. The Hall–Kier alpha value is -1.15. The van der Waals surface area contributed by atoms with Gasteiger partial charge in [0.15, 0.2) is 5.96 Å². The molecule has 1 aromatic rings. The predicted octanol–water partition coefficient (Wildman–Crippen LogP) is 3.36. The highest BCUT2D eigenvalue weighted by molar-refractivity contribution is 14.0. The predicted molar refractivity (Wildman–Crippen MR) is 103 cm³/mol. The highest BCUT2D eigenvalue weighted by Gasteiger charge is 2.11. The molecule has 128 valence electrons. The van der Waals surface area contributed by atoms with Crippen molar-refractivity contribution in [3.05, 3.63) is 47.3 Å². The number of nitrogens with zero attached hydrogens (tertiary/aromatic N) is 1. The third kappa shape index (κ3) is 6.47. The van der Waals surface area contributed by atoms with Gasteiger partial charge in [0.25, 0.3) is 0 Å². The number of benzene rings is 1. The Morgan fingerprint density at radius 3 is 2.74 bits per heavy atom. The van der Waals surface area contributed by atoms with E-state index in [1.165, 1.54) is 6.07 Å². The molecule has 1 aliphatic rings. The fourth-order valence-corrected chi connectivity index (χ4v) is 2.41. The summed E-state index contributed by atoms with van der Waals surface area (Å²) >= 11 is 0. The van der Waals surface area contributed by atoms with Gasteiger partial charge in [0.1, 0.15) is 5.82 Å². The average molecular weight is 433 g/mol. The highest BCUT2D eigenvalue weighted by atomic mass is 127. The van der Waals surface area contributed by atoms with Crippen molar-refractivity contribution in [1.82, 2.24) is 10.6 Å². The molecule has 0 radical (unpaired) electrons. The zero-order valence-electron chi connectivity index (χ0n) is 13.6. The summed E-state index contributed by atoms with van der Waals surface area (Å²) in [6, 6.07) is 5.46. The van der Waals surface area contributed by atoms with Crippen LogP contribution in [0.1, 0.15) is 30.9 Å². The van der Waals surface area contributed by atoms with Gasteiger partial charge in [0, 0.05) is 25.3 Å². The van der Waals surface area contributed by atoms with Crippen molar-refractivity contribution in [2.75, 3.05) is 13.7 Å². The van der Waals surface area contributed by atoms with E-state index in [-0.39, 0.29) is 36.4 Å². The highest BCUT2D eigenvalue weighted by Crippen LogP contribution is 2.13. The molecule has 2 rings (SSSR count). The van der Waals surface area contributed by atoms with Crippen molar-refractivity contribution in [3.63, 3.8) is 0 Å². The van der Waals surface area contributed by atoms with Crippen LogP contribution >= 0.6 is 24.0 Å². The number of methoxy groups -OCH3 is 1. The van der Waals surface area contributed by atoms with Crippen LogP contribution in [-0.4, -0.2) is 25.7 Å². The quantitative estimate of drug-likeness (QED) is 0.313. The van der Waals surface area contributed by atoms with Crippen LogP contribution in [-0.2, 0) is 17.9 Å². The second-order valence-corrected chi connectivity index (χ2v) is 5.34. The van der Waals surface area contributed by atoms with Crippen LogP contribution in [0.4, 0.5) is 4.39 Å². The van der Waals surface area contributed by atoms with E-state index in [1.807, 2.05) is 13.0 Å². The van der Waals surface area contributed by atoms with Crippen molar-refractivity contribution in [2.24, 2.45) is 4.99 Å². The van der Waals surface area contributed by atoms with Gasteiger partial charge in [0.2, 0.25) is 0 Å². The Kier molecular flexibility index (Phi) is 9.16. The normalized spacial score (nSPS) is 14.7. The summed E-state index contributed by atoms with van der Waals surface area (Å²) in [6.07, 6.45) is 6.41. The number of aliphatic imine (C=N–C) groups is 1. The fraction of sp³-hybridized carbons (Fsp3) is 0.471. The molecule has 0 spiro atoms. The number of nitrogens with one attached hydrogen (secondary N) is 2. The summed E-state index contributed by atoms with van der Waals surface area (Å²) in [5.41, 5.74) is 1.53. The van der Waals surface area contributed by atoms with E-state index >= 15 is 0 Å². The molecule has 0 fully saturated rings. The van der Waals surface area contributed by atoms with Crippen LogP contribution in [0, 0.1) is 5.82 Å². The van der Waals surface area contributed by atoms with Gasteiger partial charge >= 0.3 is 0 Å². The molecule has 4 nitrogen and oxygen atoms in total. The minimum absolute atomic E-state index is 0. The number of hydrogen-bond acceptors (Lipinski definition) is 2. The first-order valence-corrected chi connectivity index (χ1v) is 7.69. The second kappa shape index (κ2) is 10.6. The van der Waals surface area contributed by atoms with Gasteiger partial charge in [-0.1, -0.05) is 18.2 Å². The van der Waals surface area contributed by atoms with Gasteiger partial charge in [-0.05, 0) is 37.5 Å². The minimum Gasteiger partial charge on any atom is -0.380 e. The molecule has 6 heteroatoms. The Morgan fingerprint density at radius 1 is 1.35 bits per heavy atom. The maximum atomic E-state index is 13.6. The van der Waals surface area contributed by atoms with E-state index in [2.05, 4.69) is 27.8 Å². The molecule has 0 heterocycles. The Bertz CT molecular complexity index is 541. The largest absolute Gasteiger partial charge is 0.380 e. The van der Waals surface area contributed by atoms with Crippen LogP contribution < -0.4 is 10.6 Å². The molecule has 1 aromatic carbocycles. The van der Waals surface area contributed by atoms with Gasteiger partial charge in [0.05, 0.1) is 13.2 Å². The maximum Gasteiger partial charge on any atom is 0.191 e. The summed E-state index contributed by atoms with van der Waals surface area (Å²) in [5.74, 6) is 0.561. The molecule has 0 amide bonds. The monoisotopic (exact) mass is 433 g/mol. The third-order valence-electron chi connectivity index (χ3n) is 3.52. The van der Waals surface area contributed by atoms with Gasteiger partial charge in [-0.2, -0.15) is 0 Å². The zero-order valence-corrected chi connectivity index (χ0v) is 16.0. The van der Waals surface area contributed by atoms with Crippen molar-refractivity contribution in [3.8, 4) is 0 Å². The first-order chi connectivity index (χ1) is 10.7. The number of ether oxygens (including phenoxy) is 1. The van der Waals surface area contributed by atoms with Crippen LogP contribution in [0.2, 0.25) is 0 Å². The Balaban J connectivity index is 0.00000264. The first-order valence-electron chi connectivity index (χ1n) is 7.69. The molecule has 0 aliphatic heterocycles. The van der Waals surface area contributed by atoms with Gasteiger partial charge in [-0.15, -0.1) is 24.0 Å². The second-order valence-electron chi connectivity index (χ2n) is 5.34. The summed E-state index contributed by atoms with van der Waals surface area (Å²) in [7, 11) is 1.56. The molecule has 2 N–H and O–H groups in total. The lowest BCUT2D eigenvalue weighted by molar-refractivity contribution is 0.181. The van der Waals surface area contributed by atoms with E-state index in [0.717, 1.165) is 30.9 Å². The lowest BCUT2D eigenvalue weighted by Gasteiger charge is -2.16. The van der Waals surface area contributed by atoms with Crippen molar-refractivity contribution in [1.29, 1.82) is 0 Å². The lowest BCUT2D eigenvalue weighted by Crippen LogP contribution is -2.42. The van der Waals surface area contributed by atoms with Gasteiger partial charge in [-0.25, -0.2) is 9.38 Å². The summed E-state index contributed by atoms with van der Waals surface area (Å²) in [6.45, 7) is 3.63. The SMILES string of the molecule is CCNC(=NCc1ccc(F)c(COC)c1)NC1CC=CC1.I. The Morgan fingerprint density at radius 2 is 2.09 bits per heavy atom. The Labute approximate surface area is 154 Å². The molecule has 0 atom stereocenters. The van der Waals surface area contributed by atoms with Crippen LogP contribution in [0.3, 0.4) is 0 Å². The fourth-order valence-electron chi connectivity index (χ4n) is 2.41. The van der Waals surface area contributed by atoms with E-state index in [0.29, 0.717) is 18.2 Å². The summed E-state index contributed by atoms with van der Waals surface area (Å²) in [5, 5.41) is 6.66. The zero-order chi connectivity index (χ0) is 15.8. The molecule has 23 heavy (non-hydrogen) atoms. The molecular weight excluding hydrogens is 408 g/mol. The summed E-state index contributed by atoms with van der Waals surface area (Å²) in [4.78, 5) is 4.58. The molecule has 1 aliphatic carbocycles. The maximum absolute atomic E-state index is 13.6. The van der Waals surface area contributed by atoms with E-state index in [1.54, 1.807) is 13.2 Å². The minimum atomic E-state index is -0.239. The van der Waals surface area contributed by atoms with Gasteiger partial charge < -0.3 is 15.4 Å². The van der Waals surface area contributed by atoms with Crippen molar-refractivity contribution < 1.29 is 9.13 Å². The van der Waals surface area contributed by atoms with Crippen molar-refractivity contribution >= 4 is 29.9 Å². The molecule has 0 saturated heterocycles. The third-order valence-corrected chi connectivity index (χ3v) is 3.52. The standard InChI is InChI=1S/C17H24FN3O.HI/c1-3-19-17(21-15-6-4-5-7-15)20-11-13-8-9-16(18)14(10-13)12-22-2;/h4-5,8-10,15H,3,6-7,11-12H2,1-2H3,(H2,19,20,21);1H. The van der Waals surface area contributed by atoms with E-state index in [9.17, 15) is 4.39 Å². The lowest BCUT2D eigenvalue weighted by atomic mass is 10.1. The smallest absolute Gasteiger partial charge is 0.191 e. The van der Waals surface area contributed by atoms with E-state index in [4.69, 9.17) is 4.74 Å². The first kappa shape index (κ1) is 19.9. The molecule has 0 bridgehead atoms. The number of rotatable bonds is 6. The average Bonchev–Trinajstić information content (AvgIpc) is 3.01. The van der Waals surface area contributed by atoms with Crippen LogP contribution in [0.5, 0.6) is 0 Å². The number of halogens is 2. The van der Waals surface area contributed by atoms with Gasteiger partial charge in [-0.3, -0.25) is 0 Å². The number of hydrogen-bond donors (Lipinski definition) is 2. The van der Waals surface area contributed by atoms with Crippen LogP contribution in [0.15, 0.2) is 35.3 Å². The molecule has 0 saturated carbocycles. The number of guanidine groups is 1. The molecular formula is C17H25FIN3O. The molecule has 0 unspecified atom stereocenters. The topological polar surface area (TPSA) is 45.7 Å². The molecule has 0 aromatic heterocycles. The van der Waals surface area contributed by atoms with Crippen LogP contribution in [0.25, 0.3) is 0 Å².